The van der Waals surface area contributed by atoms with Crippen LogP contribution in [0.2, 0.25) is 0 Å². The van der Waals surface area contributed by atoms with Gasteiger partial charge in [-0.25, -0.2) is 0 Å². The summed E-state index contributed by atoms with van der Waals surface area (Å²) in [6.45, 7) is 6.62. The molecule has 0 saturated heterocycles. The highest BCUT2D eigenvalue weighted by molar-refractivity contribution is 5.02. The van der Waals surface area contributed by atoms with Gasteiger partial charge in [0.2, 0.25) is 0 Å². The van der Waals surface area contributed by atoms with Crippen molar-refractivity contribution in [2.75, 3.05) is 0 Å². The molecule has 0 atom stereocenters. The van der Waals surface area contributed by atoms with Gasteiger partial charge >= 0.3 is 0 Å². The average molecular weight is 206 g/mol. The van der Waals surface area contributed by atoms with E-state index in [1.54, 1.807) is 5.57 Å². The lowest BCUT2D eigenvalue weighted by Crippen LogP contribution is -1.80. The molecule has 0 N–H and O–H groups in total. The standard InChI is InChI=1S/C15H26/c1-13(2)7-6-9-14(3)8-4-5-10-15-11-12-15/h7-8,15H,4-6,9-12H2,1-3H3. The van der Waals surface area contributed by atoms with Crippen LogP contribution < -0.4 is 0 Å². The highest BCUT2D eigenvalue weighted by atomic mass is 14.2. The third-order valence-electron chi connectivity index (χ3n) is 3.10. The molecule has 1 saturated carbocycles. The molecule has 1 aliphatic rings. The normalized spacial score (nSPS) is 16.6. The van der Waals surface area contributed by atoms with Gasteiger partial charge < -0.3 is 0 Å². The molecule has 0 bridgehead atoms. The van der Waals surface area contributed by atoms with Crippen LogP contribution in [0.15, 0.2) is 23.3 Å². The van der Waals surface area contributed by atoms with Gasteiger partial charge in [-0.3, -0.25) is 0 Å². The second kappa shape index (κ2) is 6.87. The first-order chi connectivity index (χ1) is 7.18. The smallest absolute Gasteiger partial charge is 0.0288 e. The molecule has 0 nitrogen and oxygen atoms in total. The molecule has 1 rings (SSSR count). The lowest BCUT2D eigenvalue weighted by atomic mass is 10.1. The van der Waals surface area contributed by atoms with Crippen molar-refractivity contribution < 1.29 is 0 Å². The van der Waals surface area contributed by atoms with E-state index in [9.17, 15) is 0 Å². The van der Waals surface area contributed by atoms with Crippen LogP contribution in [0.25, 0.3) is 0 Å². The summed E-state index contributed by atoms with van der Waals surface area (Å²) in [4.78, 5) is 0. The molecule has 1 fully saturated rings. The molecule has 0 aromatic rings. The van der Waals surface area contributed by atoms with Gasteiger partial charge in [0.1, 0.15) is 0 Å². The quantitative estimate of drug-likeness (QED) is 0.394. The average Bonchev–Trinajstić information content (AvgIpc) is 2.95. The van der Waals surface area contributed by atoms with Gasteiger partial charge in [-0.1, -0.05) is 42.6 Å². The number of hydrogen-bond acceptors (Lipinski definition) is 0. The lowest BCUT2D eigenvalue weighted by Gasteiger charge is -1.99. The SMILES string of the molecule is CC(C)=CCCC(C)=CCCCC1CC1. The van der Waals surface area contributed by atoms with Crippen molar-refractivity contribution in [1.29, 1.82) is 0 Å². The fourth-order valence-electron chi connectivity index (χ4n) is 1.85. The van der Waals surface area contributed by atoms with Crippen molar-refractivity contribution in [3.8, 4) is 0 Å². The molecular weight excluding hydrogens is 180 g/mol. The summed E-state index contributed by atoms with van der Waals surface area (Å²) in [5.41, 5.74) is 3.01. The third-order valence-corrected chi connectivity index (χ3v) is 3.10. The monoisotopic (exact) mass is 206 g/mol. The maximum atomic E-state index is 2.45. The zero-order valence-corrected chi connectivity index (χ0v) is 10.7. The van der Waals surface area contributed by atoms with Crippen LogP contribution in [0, 0.1) is 5.92 Å². The number of rotatable bonds is 7. The van der Waals surface area contributed by atoms with E-state index in [1.165, 1.54) is 50.5 Å². The topological polar surface area (TPSA) is 0 Å². The molecule has 0 heterocycles. The maximum absolute atomic E-state index is 2.45. The summed E-state index contributed by atoms with van der Waals surface area (Å²) in [7, 11) is 0. The Bertz CT molecular complexity index is 224. The van der Waals surface area contributed by atoms with Crippen LogP contribution >= 0.6 is 0 Å². The first-order valence-corrected chi connectivity index (χ1v) is 6.47. The number of hydrogen-bond donors (Lipinski definition) is 0. The summed E-state index contributed by atoms with van der Waals surface area (Å²) in [5, 5.41) is 0. The Balaban J connectivity index is 2.01. The molecule has 0 spiro atoms. The van der Waals surface area contributed by atoms with E-state index in [1.807, 2.05) is 0 Å². The first-order valence-electron chi connectivity index (χ1n) is 6.47. The van der Waals surface area contributed by atoms with Crippen molar-refractivity contribution in [1.82, 2.24) is 0 Å². The second-order valence-electron chi connectivity index (χ2n) is 5.24. The Labute approximate surface area is 95.5 Å². The molecule has 0 amide bonds. The van der Waals surface area contributed by atoms with Gasteiger partial charge in [0.15, 0.2) is 0 Å². The summed E-state index contributed by atoms with van der Waals surface area (Å²) >= 11 is 0. The molecule has 0 unspecified atom stereocenters. The largest absolute Gasteiger partial charge is 0.0856 e. The van der Waals surface area contributed by atoms with E-state index in [-0.39, 0.29) is 0 Å². The molecule has 15 heavy (non-hydrogen) atoms. The Kier molecular flexibility index (Phi) is 5.75. The maximum Gasteiger partial charge on any atom is -0.0288 e. The predicted molar refractivity (Wildman–Crippen MR) is 69.0 cm³/mol. The van der Waals surface area contributed by atoms with Gasteiger partial charge in [0.25, 0.3) is 0 Å². The molecule has 0 radical (unpaired) electrons. The number of allylic oxidation sites excluding steroid dienone is 4. The Hall–Kier alpha value is -0.520. The third kappa shape index (κ3) is 7.41. The van der Waals surface area contributed by atoms with Crippen LogP contribution in [0.3, 0.4) is 0 Å². The molecule has 0 aromatic carbocycles. The van der Waals surface area contributed by atoms with Crippen LogP contribution in [0.1, 0.15) is 65.7 Å². The van der Waals surface area contributed by atoms with E-state index < -0.39 is 0 Å². The minimum absolute atomic E-state index is 1.10. The Morgan fingerprint density at radius 2 is 1.80 bits per heavy atom. The summed E-state index contributed by atoms with van der Waals surface area (Å²) in [5.74, 6) is 1.10. The van der Waals surface area contributed by atoms with Crippen molar-refractivity contribution in [3.05, 3.63) is 23.3 Å². The summed E-state index contributed by atoms with van der Waals surface area (Å²) in [6.07, 6.45) is 14.4. The fraction of sp³-hybridized carbons (Fsp3) is 0.733. The van der Waals surface area contributed by atoms with Gasteiger partial charge in [0.05, 0.1) is 0 Å². The lowest BCUT2D eigenvalue weighted by molar-refractivity contribution is 0.672. The van der Waals surface area contributed by atoms with Crippen LogP contribution in [-0.2, 0) is 0 Å². The van der Waals surface area contributed by atoms with Gasteiger partial charge in [-0.15, -0.1) is 0 Å². The fourth-order valence-corrected chi connectivity index (χ4v) is 1.85. The second-order valence-corrected chi connectivity index (χ2v) is 5.24. The molecule has 0 aliphatic heterocycles. The Morgan fingerprint density at radius 1 is 1.07 bits per heavy atom. The van der Waals surface area contributed by atoms with Gasteiger partial charge in [-0.2, -0.15) is 0 Å². The Morgan fingerprint density at radius 3 is 2.40 bits per heavy atom. The molecule has 86 valence electrons. The van der Waals surface area contributed by atoms with Crippen molar-refractivity contribution >= 4 is 0 Å². The van der Waals surface area contributed by atoms with Crippen molar-refractivity contribution in [2.24, 2.45) is 5.92 Å². The van der Waals surface area contributed by atoms with Gasteiger partial charge in [0, 0.05) is 0 Å². The molecular formula is C15H26. The summed E-state index contributed by atoms with van der Waals surface area (Å²) in [6, 6.07) is 0. The van der Waals surface area contributed by atoms with Crippen molar-refractivity contribution in [2.45, 2.75) is 65.7 Å². The zero-order chi connectivity index (χ0) is 11.1. The number of unbranched alkanes of at least 4 members (excludes halogenated alkanes) is 1. The van der Waals surface area contributed by atoms with Crippen LogP contribution in [0.4, 0.5) is 0 Å². The summed E-state index contributed by atoms with van der Waals surface area (Å²) < 4.78 is 0. The van der Waals surface area contributed by atoms with Crippen molar-refractivity contribution in [3.63, 3.8) is 0 Å². The minimum Gasteiger partial charge on any atom is -0.0856 e. The van der Waals surface area contributed by atoms with Crippen LogP contribution in [0.5, 0.6) is 0 Å². The van der Waals surface area contributed by atoms with E-state index >= 15 is 0 Å². The van der Waals surface area contributed by atoms with Crippen LogP contribution in [-0.4, -0.2) is 0 Å². The molecule has 0 heteroatoms. The van der Waals surface area contributed by atoms with E-state index in [0.29, 0.717) is 0 Å². The highest BCUT2D eigenvalue weighted by Crippen LogP contribution is 2.33. The van der Waals surface area contributed by atoms with E-state index in [0.717, 1.165) is 5.92 Å². The van der Waals surface area contributed by atoms with Gasteiger partial charge in [-0.05, 0) is 52.4 Å². The molecule has 0 aromatic heterocycles. The van der Waals surface area contributed by atoms with E-state index in [4.69, 9.17) is 0 Å². The highest BCUT2D eigenvalue weighted by Gasteiger charge is 2.19. The predicted octanol–water partition coefficient (Wildman–Crippen LogP) is 5.26. The first kappa shape index (κ1) is 12.5. The zero-order valence-electron chi connectivity index (χ0n) is 10.7. The van der Waals surface area contributed by atoms with E-state index in [2.05, 4.69) is 32.9 Å². The minimum atomic E-state index is 1.10. The molecule has 1 aliphatic carbocycles.